The van der Waals surface area contributed by atoms with Gasteiger partial charge in [0.15, 0.2) is 0 Å². The van der Waals surface area contributed by atoms with Crippen molar-refractivity contribution < 1.29 is 18.0 Å². The lowest BCUT2D eigenvalue weighted by molar-refractivity contribution is 0.0698. The molecule has 3 aromatic rings. The van der Waals surface area contributed by atoms with E-state index in [-0.39, 0.29) is 24.9 Å². The Kier molecular flexibility index (Phi) is 7.02. The van der Waals surface area contributed by atoms with Crippen LogP contribution in [0, 0.1) is 0 Å². The fourth-order valence-electron chi connectivity index (χ4n) is 3.44. The predicted molar refractivity (Wildman–Crippen MR) is 131 cm³/mol. The van der Waals surface area contributed by atoms with Crippen molar-refractivity contribution in [3.63, 3.8) is 0 Å². The smallest absolute Gasteiger partial charge is 0.265 e. The lowest BCUT2D eigenvalue weighted by Gasteiger charge is -2.33. The summed E-state index contributed by atoms with van der Waals surface area (Å²) in [5, 5.41) is 5.85. The van der Waals surface area contributed by atoms with E-state index < -0.39 is 10.0 Å². The fraction of sp³-hybridized carbons (Fsp3) is 0.167. The Morgan fingerprint density at radius 2 is 1.58 bits per heavy atom. The molecule has 1 aliphatic rings. The number of nitrogens with one attached hydrogen (secondary N) is 1. The van der Waals surface area contributed by atoms with Crippen LogP contribution in [0.5, 0.6) is 0 Å². The molecule has 0 unspecified atom stereocenters. The lowest BCUT2D eigenvalue weighted by atomic mass is 10.1. The standard InChI is InChI=1S/C24H23N3O4S2/c28-23(22-7-4-17-32-22)25-21-10-8-20(9-11-21)24(29)26-13-15-27(16-14-26)33(30,31)18-12-19-5-2-1-3-6-19/h1-12,17-18H,13-16H2,(H,25,28)/b18-12+. The molecule has 9 heteroatoms. The molecule has 0 bridgehead atoms. The first-order valence-electron chi connectivity index (χ1n) is 10.4. The minimum atomic E-state index is -3.56. The third-order valence-electron chi connectivity index (χ3n) is 5.25. The highest BCUT2D eigenvalue weighted by Crippen LogP contribution is 2.17. The Bertz CT molecular complexity index is 1230. The number of nitrogens with zero attached hydrogens (tertiary/aromatic N) is 2. The van der Waals surface area contributed by atoms with Crippen molar-refractivity contribution in [1.29, 1.82) is 0 Å². The van der Waals surface area contributed by atoms with Crippen molar-refractivity contribution in [3.8, 4) is 0 Å². The van der Waals surface area contributed by atoms with E-state index in [2.05, 4.69) is 5.32 Å². The maximum Gasteiger partial charge on any atom is 0.265 e. The number of hydrogen-bond donors (Lipinski definition) is 1. The van der Waals surface area contributed by atoms with Crippen LogP contribution in [0.25, 0.3) is 6.08 Å². The average molecular weight is 482 g/mol. The molecule has 0 radical (unpaired) electrons. The normalized spacial score (nSPS) is 15.0. The van der Waals surface area contributed by atoms with E-state index in [1.54, 1.807) is 41.3 Å². The summed E-state index contributed by atoms with van der Waals surface area (Å²) in [6, 6.07) is 19.5. The van der Waals surface area contributed by atoms with E-state index in [1.807, 2.05) is 41.8 Å². The zero-order valence-corrected chi connectivity index (χ0v) is 19.4. The molecule has 1 saturated heterocycles. The molecule has 2 aromatic carbocycles. The van der Waals surface area contributed by atoms with Crippen molar-refractivity contribution in [3.05, 3.63) is 93.5 Å². The van der Waals surface area contributed by atoms with Crippen molar-refractivity contribution in [2.45, 2.75) is 0 Å². The van der Waals surface area contributed by atoms with Crippen LogP contribution in [-0.2, 0) is 10.0 Å². The maximum atomic E-state index is 12.8. The average Bonchev–Trinajstić information content (AvgIpc) is 3.39. The SMILES string of the molecule is O=C(Nc1ccc(C(=O)N2CCN(S(=O)(=O)/C=C/c3ccccc3)CC2)cc1)c1cccs1. The quantitative estimate of drug-likeness (QED) is 0.581. The summed E-state index contributed by atoms with van der Waals surface area (Å²) in [5.74, 6) is -0.356. The zero-order valence-electron chi connectivity index (χ0n) is 17.8. The number of thiophene rings is 1. The van der Waals surface area contributed by atoms with Gasteiger partial charge in [0.2, 0.25) is 10.0 Å². The molecule has 0 spiro atoms. The molecular weight excluding hydrogens is 458 g/mol. The monoisotopic (exact) mass is 481 g/mol. The Hall–Kier alpha value is -3.27. The summed E-state index contributed by atoms with van der Waals surface area (Å²) in [4.78, 5) is 27.2. The summed E-state index contributed by atoms with van der Waals surface area (Å²) in [7, 11) is -3.56. The van der Waals surface area contributed by atoms with Crippen molar-refractivity contribution in [2.75, 3.05) is 31.5 Å². The van der Waals surface area contributed by atoms with E-state index in [1.165, 1.54) is 21.1 Å². The van der Waals surface area contributed by atoms with Crippen molar-refractivity contribution in [1.82, 2.24) is 9.21 Å². The highest BCUT2D eigenvalue weighted by molar-refractivity contribution is 7.92. The number of anilines is 1. The van der Waals surface area contributed by atoms with E-state index in [9.17, 15) is 18.0 Å². The van der Waals surface area contributed by atoms with Crippen molar-refractivity contribution >= 4 is 44.9 Å². The third-order valence-corrected chi connectivity index (χ3v) is 7.69. The molecule has 1 N–H and O–H groups in total. The molecule has 4 rings (SSSR count). The summed E-state index contributed by atoms with van der Waals surface area (Å²) < 4.78 is 26.6. The Labute approximate surface area is 197 Å². The number of amides is 2. The van der Waals surface area contributed by atoms with Gasteiger partial charge < -0.3 is 10.2 Å². The molecule has 1 fully saturated rings. The van der Waals surface area contributed by atoms with Crippen LogP contribution in [-0.4, -0.2) is 55.6 Å². The molecule has 7 nitrogen and oxygen atoms in total. The van der Waals surface area contributed by atoms with E-state index in [4.69, 9.17) is 0 Å². The van der Waals surface area contributed by atoms with Crippen LogP contribution in [0.3, 0.4) is 0 Å². The number of rotatable bonds is 6. The molecule has 0 saturated carbocycles. The van der Waals surface area contributed by atoms with E-state index in [0.29, 0.717) is 29.2 Å². The number of piperazine rings is 1. The van der Waals surface area contributed by atoms with Gasteiger partial charge in [-0.2, -0.15) is 4.31 Å². The summed E-state index contributed by atoms with van der Waals surface area (Å²) in [5.41, 5.74) is 1.90. The Morgan fingerprint density at radius 3 is 2.21 bits per heavy atom. The van der Waals surface area contributed by atoms with Gasteiger partial charge in [-0.1, -0.05) is 36.4 Å². The minimum absolute atomic E-state index is 0.164. The van der Waals surface area contributed by atoms with Gasteiger partial charge in [0.1, 0.15) is 0 Å². The number of carbonyl (C=O) groups is 2. The lowest BCUT2D eigenvalue weighted by Crippen LogP contribution is -2.50. The molecule has 2 amide bonds. The first-order valence-corrected chi connectivity index (χ1v) is 12.8. The highest BCUT2D eigenvalue weighted by Gasteiger charge is 2.27. The minimum Gasteiger partial charge on any atom is -0.336 e. The first-order chi connectivity index (χ1) is 15.9. The summed E-state index contributed by atoms with van der Waals surface area (Å²) >= 11 is 1.36. The molecule has 2 heterocycles. The fourth-order valence-corrected chi connectivity index (χ4v) is 5.23. The molecule has 0 atom stereocenters. The number of carbonyl (C=O) groups excluding carboxylic acids is 2. The topological polar surface area (TPSA) is 86.8 Å². The highest BCUT2D eigenvalue weighted by atomic mass is 32.2. The summed E-state index contributed by atoms with van der Waals surface area (Å²) in [6.07, 6.45) is 1.58. The van der Waals surface area contributed by atoms with E-state index in [0.717, 1.165) is 5.56 Å². The Balaban J connectivity index is 1.32. The zero-order chi connectivity index (χ0) is 23.3. The second-order valence-corrected chi connectivity index (χ2v) is 10.2. The van der Waals surface area contributed by atoms with Crippen LogP contribution in [0.2, 0.25) is 0 Å². The summed E-state index contributed by atoms with van der Waals surface area (Å²) in [6.45, 7) is 1.10. The van der Waals surface area contributed by atoms with Crippen LogP contribution in [0.1, 0.15) is 25.6 Å². The molecule has 33 heavy (non-hydrogen) atoms. The number of sulfonamides is 1. The van der Waals surface area contributed by atoms with Crippen LogP contribution < -0.4 is 5.32 Å². The van der Waals surface area contributed by atoms with Gasteiger partial charge >= 0.3 is 0 Å². The second-order valence-electron chi connectivity index (χ2n) is 7.46. The van der Waals surface area contributed by atoms with Gasteiger partial charge in [0.05, 0.1) is 4.88 Å². The number of hydrogen-bond acceptors (Lipinski definition) is 5. The maximum absolute atomic E-state index is 12.8. The van der Waals surface area contributed by atoms with Gasteiger partial charge in [0.25, 0.3) is 11.8 Å². The van der Waals surface area contributed by atoms with E-state index >= 15 is 0 Å². The first kappa shape index (κ1) is 22.9. The Morgan fingerprint density at radius 1 is 0.879 bits per heavy atom. The largest absolute Gasteiger partial charge is 0.336 e. The van der Waals surface area contributed by atoms with Crippen molar-refractivity contribution in [2.24, 2.45) is 0 Å². The number of benzene rings is 2. The van der Waals surface area contributed by atoms with Gasteiger partial charge in [0, 0.05) is 42.8 Å². The molecule has 0 aliphatic carbocycles. The van der Waals surface area contributed by atoms with Crippen LogP contribution in [0.15, 0.2) is 77.5 Å². The van der Waals surface area contributed by atoms with Gasteiger partial charge in [-0.15, -0.1) is 11.3 Å². The third kappa shape index (κ3) is 5.75. The van der Waals surface area contributed by atoms with Crippen LogP contribution in [0.4, 0.5) is 5.69 Å². The molecule has 1 aliphatic heterocycles. The van der Waals surface area contributed by atoms with Crippen LogP contribution >= 0.6 is 11.3 Å². The molecular formula is C24H23N3O4S2. The van der Waals surface area contributed by atoms with Gasteiger partial charge in [-0.05, 0) is 47.4 Å². The van der Waals surface area contributed by atoms with Gasteiger partial charge in [-0.3, -0.25) is 9.59 Å². The van der Waals surface area contributed by atoms with Gasteiger partial charge in [-0.25, -0.2) is 8.42 Å². The predicted octanol–water partition coefficient (Wildman–Crippen LogP) is 3.76. The second kappa shape index (κ2) is 10.1. The molecule has 170 valence electrons. The molecule has 1 aromatic heterocycles.